The van der Waals surface area contributed by atoms with Gasteiger partial charge in [-0.15, -0.1) is 11.3 Å². The van der Waals surface area contributed by atoms with Crippen LogP contribution in [-0.4, -0.2) is 25.6 Å². The number of thiazole rings is 1. The number of benzene rings is 1. The predicted molar refractivity (Wildman–Crippen MR) is 92.5 cm³/mol. The van der Waals surface area contributed by atoms with Crippen LogP contribution >= 0.6 is 23.6 Å². The van der Waals surface area contributed by atoms with Gasteiger partial charge in [-0.2, -0.15) is 0 Å². The van der Waals surface area contributed by atoms with Crippen LogP contribution in [0.25, 0.3) is 10.2 Å². The standard InChI is InChI=1S/C16H18N4S2/c1-18-9-10-20(16(18)21)11-19-8-4-6-13(19)15-17-12-5-2-3-7-14(12)22-15/h2-3,5,7,9-10,13H,4,6,8,11H2,1H3/t13-/m1/s1. The maximum Gasteiger partial charge on any atom is 0.180 e. The first kappa shape index (κ1) is 14.1. The van der Waals surface area contributed by atoms with E-state index < -0.39 is 0 Å². The first-order valence-corrected chi connectivity index (χ1v) is 8.76. The first-order valence-electron chi connectivity index (χ1n) is 7.53. The van der Waals surface area contributed by atoms with E-state index in [1.54, 1.807) is 0 Å². The van der Waals surface area contributed by atoms with Gasteiger partial charge in [0.1, 0.15) is 5.01 Å². The zero-order chi connectivity index (χ0) is 15.1. The molecule has 0 N–H and O–H groups in total. The van der Waals surface area contributed by atoms with Crippen LogP contribution in [0.5, 0.6) is 0 Å². The van der Waals surface area contributed by atoms with Crippen LogP contribution in [0.3, 0.4) is 0 Å². The van der Waals surface area contributed by atoms with Gasteiger partial charge in [0.05, 0.1) is 22.9 Å². The monoisotopic (exact) mass is 330 g/mol. The van der Waals surface area contributed by atoms with Gasteiger partial charge in [-0.3, -0.25) is 4.90 Å². The van der Waals surface area contributed by atoms with Crippen molar-refractivity contribution in [3.63, 3.8) is 0 Å². The fourth-order valence-corrected chi connectivity index (χ4v) is 4.44. The summed E-state index contributed by atoms with van der Waals surface area (Å²) in [6.07, 6.45) is 6.49. The SMILES string of the molecule is Cn1ccn(CN2CCC[C@@H]2c2nc3ccccc3s2)c1=S. The Kier molecular flexibility index (Phi) is 3.60. The van der Waals surface area contributed by atoms with Crippen molar-refractivity contribution in [2.45, 2.75) is 25.6 Å². The molecular weight excluding hydrogens is 312 g/mol. The molecule has 2 aromatic heterocycles. The molecule has 1 aliphatic rings. The first-order chi connectivity index (χ1) is 10.7. The molecule has 4 rings (SSSR count). The Morgan fingerprint density at radius 2 is 2.18 bits per heavy atom. The van der Waals surface area contributed by atoms with E-state index in [9.17, 15) is 0 Å². The molecule has 0 bridgehead atoms. The summed E-state index contributed by atoms with van der Waals surface area (Å²) in [4.78, 5) is 7.34. The molecule has 1 saturated heterocycles. The average molecular weight is 330 g/mol. The van der Waals surface area contributed by atoms with E-state index in [-0.39, 0.29) is 0 Å². The molecule has 114 valence electrons. The van der Waals surface area contributed by atoms with Crippen LogP contribution in [0.1, 0.15) is 23.9 Å². The van der Waals surface area contributed by atoms with Crippen LogP contribution in [0.4, 0.5) is 0 Å². The fourth-order valence-electron chi connectivity index (χ4n) is 3.12. The van der Waals surface area contributed by atoms with Crippen molar-refractivity contribution >= 4 is 33.8 Å². The molecule has 6 heteroatoms. The average Bonchev–Trinajstić information content (AvgIpc) is 3.22. The molecule has 4 nitrogen and oxygen atoms in total. The molecule has 1 aromatic carbocycles. The third-order valence-corrected chi connectivity index (χ3v) is 5.97. The number of hydrogen-bond acceptors (Lipinski definition) is 4. The molecular formula is C16H18N4S2. The van der Waals surface area contributed by atoms with Gasteiger partial charge in [0.2, 0.25) is 0 Å². The Morgan fingerprint density at radius 3 is 2.95 bits per heavy atom. The maximum absolute atomic E-state index is 5.46. The highest BCUT2D eigenvalue weighted by molar-refractivity contribution is 7.71. The highest BCUT2D eigenvalue weighted by Crippen LogP contribution is 2.36. The van der Waals surface area contributed by atoms with Gasteiger partial charge < -0.3 is 9.13 Å². The van der Waals surface area contributed by atoms with Gasteiger partial charge in [-0.05, 0) is 37.2 Å². The molecule has 22 heavy (non-hydrogen) atoms. The number of aryl methyl sites for hydroxylation is 1. The molecule has 0 saturated carbocycles. The number of rotatable bonds is 3. The van der Waals surface area contributed by atoms with Crippen molar-refractivity contribution in [2.75, 3.05) is 6.54 Å². The summed E-state index contributed by atoms with van der Waals surface area (Å²) in [7, 11) is 1.99. The minimum atomic E-state index is 0.416. The summed E-state index contributed by atoms with van der Waals surface area (Å²) in [5.41, 5.74) is 1.12. The van der Waals surface area contributed by atoms with E-state index in [1.165, 1.54) is 22.5 Å². The maximum atomic E-state index is 5.46. The molecule has 1 atom stereocenters. The summed E-state index contributed by atoms with van der Waals surface area (Å²) < 4.78 is 6.27. The second-order valence-corrected chi connectivity index (χ2v) is 7.22. The van der Waals surface area contributed by atoms with Crippen molar-refractivity contribution in [2.24, 2.45) is 7.05 Å². The van der Waals surface area contributed by atoms with Crippen molar-refractivity contribution in [3.8, 4) is 0 Å². The van der Waals surface area contributed by atoms with Gasteiger partial charge in [0.25, 0.3) is 0 Å². The molecule has 1 aliphatic heterocycles. The highest BCUT2D eigenvalue weighted by Gasteiger charge is 2.28. The van der Waals surface area contributed by atoms with E-state index in [4.69, 9.17) is 17.2 Å². The summed E-state index contributed by atoms with van der Waals surface area (Å²) in [5, 5.41) is 1.24. The summed E-state index contributed by atoms with van der Waals surface area (Å²) in [6, 6.07) is 8.81. The van der Waals surface area contributed by atoms with Gasteiger partial charge >= 0.3 is 0 Å². The second kappa shape index (κ2) is 5.61. The van der Waals surface area contributed by atoms with E-state index >= 15 is 0 Å². The molecule has 0 radical (unpaired) electrons. The van der Waals surface area contributed by atoms with E-state index in [1.807, 2.05) is 29.1 Å². The lowest BCUT2D eigenvalue weighted by Crippen LogP contribution is -2.26. The zero-order valence-electron chi connectivity index (χ0n) is 12.5. The normalized spacial score (nSPS) is 19.2. The fraction of sp³-hybridized carbons (Fsp3) is 0.375. The van der Waals surface area contributed by atoms with Crippen LogP contribution in [0.2, 0.25) is 0 Å². The number of aromatic nitrogens is 3. The Labute approximate surface area is 138 Å². The van der Waals surface area contributed by atoms with Crippen molar-refractivity contribution in [3.05, 3.63) is 46.4 Å². The number of imidazole rings is 1. The molecule has 3 aromatic rings. The molecule has 0 unspecified atom stereocenters. The number of para-hydroxylation sites is 1. The minimum Gasteiger partial charge on any atom is -0.327 e. The van der Waals surface area contributed by atoms with Gasteiger partial charge in [0.15, 0.2) is 4.77 Å². The second-order valence-electron chi connectivity index (χ2n) is 5.79. The topological polar surface area (TPSA) is 26.0 Å². The zero-order valence-corrected chi connectivity index (χ0v) is 14.1. The number of nitrogens with zero attached hydrogens (tertiary/aromatic N) is 4. The lowest BCUT2D eigenvalue weighted by molar-refractivity contribution is 0.200. The largest absolute Gasteiger partial charge is 0.327 e. The van der Waals surface area contributed by atoms with E-state index in [2.05, 4.69) is 39.9 Å². The van der Waals surface area contributed by atoms with Gasteiger partial charge in [0, 0.05) is 26.0 Å². The molecule has 1 fully saturated rings. The predicted octanol–water partition coefficient (Wildman–Crippen LogP) is 3.96. The van der Waals surface area contributed by atoms with Crippen molar-refractivity contribution < 1.29 is 0 Å². The van der Waals surface area contributed by atoms with Crippen molar-refractivity contribution in [1.29, 1.82) is 0 Å². The number of hydrogen-bond donors (Lipinski definition) is 0. The van der Waals surface area contributed by atoms with Crippen LogP contribution < -0.4 is 0 Å². The Hall–Kier alpha value is -1.50. The highest BCUT2D eigenvalue weighted by atomic mass is 32.1. The van der Waals surface area contributed by atoms with E-state index in [0.717, 1.165) is 23.5 Å². The van der Waals surface area contributed by atoms with Gasteiger partial charge in [-0.25, -0.2) is 4.98 Å². The third kappa shape index (κ3) is 2.41. The third-order valence-electron chi connectivity index (χ3n) is 4.31. The summed E-state index contributed by atoms with van der Waals surface area (Å²) >= 11 is 7.28. The Morgan fingerprint density at radius 1 is 1.32 bits per heavy atom. The molecule has 3 heterocycles. The van der Waals surface area contributed by atoms with Crippen LogP contribution in [0, 0.1) is 4.77 Å². The number of likely N-dealkylation sites (tertiary alicyclic amines) is 1. The Balaban J connectivity index is 1.63. The lowest BCUT2D eigenvalue weighted by Gasteiger charge is -2.23. The molecule has 0 spiro atoms. The van der Waals surface area contributed by atoms with Crippen LogP contribution in [-0.2, 0) is 13.7 Å². The summed E-state index contributed by atoms with van der Waals surface area (Å²) in [6.45, 7) is 1.96. The molecule has 0 amide bonds. The quantitative estimate of drug-likeness (QED) is 0.680. The smallest absolute Gasteiger partial charge is 0.180 e. The van der Waals surface area contributed by atoms with Crippen molar-refractivity contribution in [1.82, 2.24) is 19.0 Å². The Bertz CT molecular complexity index is 827. The minimum absolute atomic E-state index is 0.416. The van der Waals surface area contributed by atoms with Crippen LogP contribution in [0.15, 0.2) is 36.7 Å². The summed E-state index contributed by atoms with van der Waals surface area (Å²) in [5.74, 6) is 0. The number of fused-ring (bicyclic) bond motifs is 1. The lowest BCUT2D eigenvalue weighted by atomic mass is 10.2. The van der Waals surface area contributed by atoms with E-state index in [0.29, 0.717) is 6.04 Å². The molecule has 0 aliphatic carbocycles. The van der Waals surface area contributed by atoms with Gasteiger partial charge in [-0.1, -0.05) is 12.1 Å².